The third-order valence-electron chi connectivity index (χ3n) is 16.0. The lowest BCUT2D eigenvalue weighted by Crippen LogP contribution is -2.40. The Kier molecular flexibility index (Phi) is 60.5. The van der Waals surface area contributed by atoms with Gasteiger partial charge in [0.25, 0.3) is 6.29 Å². The maximum atomic E-state index is 12.9. The Morgan fingerprint density at radius 1 is 0.367 bits per heavy atom. The molecular weight excluding hydrogens is 983 g/mol. The first-order valence-electron chi connectivity index (χ1n) is 34.9. The number of carboxylic acids is 1. The molecule has 2 atom stereocenters. The Morgan fingerprint density at radius 2 is 0.646 bits per heavy atom. The molecule has 0 aliphatic heterocycles. The standard InChI is InChI=1S/C70H135NO8/c1-6-8-10-12-14-16-18-20-22-24-25-26-27-28-29-30-31-32-33-34-35-36-37-38-39-40-41-42-43-45-47-49-51-53-55-57-59-61-68(73)79-66(65-78-70(69(74)75)76-63-62-71(3,4)5)64-77-67(72)60-58-56-54-52-50-48-46-44-23-21-19-17-15-13-11-9-7-2/h24-25,66,70H,6-23,26-65H2,1-5H3/p+1/b25-24-. The maximum absolute atomic E-state index is 12.9. The Hall–Kier alpha value is -1.97. The van der Waals surface area contributed by atoms with Gasteiger partial charge in [-0.2, -0.15) is 0 Å². The predicted molar refractivity (Wildman–Crippen MR) is 337 cm³/mol. The van der Waals surface area contributed by atoms with Crippen molar-refractivity contribution in [2.24, 2.45) is 0 Å². The van der Waals surface area contributed by atoms with E-state index in [4.69, 9.17) is 18.9 Å². The second kappa shape index (κ2) is 62.1. The van der Waals surface area contributed by atoms with Gasteiger partial charge in [-0.15, -0.1) is 0 Å². The lowest BCUT2D eigenvalue weighted by atomic mass is 10.0. The summed E-state index contributed by atoms with van der Waals surface area (Å²) in [5.41, 5.74) is 0. The number of carboxylic acid groups (broad SMARTS) is 1. The number of hydrogen-bond donors (Lipinski definition) is 1. The molecule has 0 heterocycles. The van der Waals surface area contributed by atoms with Crippen molar-refractivity contribution in [2.75, 3.05) is 47.5 Å². The lowest BCUT2D eigenvalue weighted by molar-refractivity contribution is -0.870. The first-order valence-corrected chi connectivity index (χ1v) is 34.9. The van der Waals surface area contributed by atoms with Crippen molar-refractivity contribution >= 4 is 17.9 Å². The first kappa shape index (κ1) is 77.0. The fraction of sp³-hybridized carbons (Fsp3) is 0.929. The van der Waals surface area contributed by atoms with Crippen LogP contribution in [0.3, 0.4) is 0 Å². The zero-order chi connectivity index (χ0) is 57.6. The van der Waals surface area contributed by atoms with Crippen LogP contribution in [0.4, 0.5) is 0 Å². The highest BCUT2D eigenvalue weighted by molar-refractivity contribution is 5.71. The molecular formula is C70H136NO8+. The Bertz CT molecular complexity index is 1300. The van der Waals surface area contributed by atoms with Gasteiger partial charge in [-0.3, -0.25) is 9.59 Å². The van der Waals surface area contributed by atoms with Gasteiger partial charge in [0.05, 0.1) is 34.4 Å². The molecule has 0 aromatic rings. The summed E-state index contributed by atoms with van der Waals surface area (Å²) in [5, 5.41) is 9.73. The van der Waals surface area contributed by atoms with Crippen LogP contribution in [0.15, 0.2) is 12.2 Å². The van der Waals surface area contributed by atoms with Crippen LogP contribution in [0, 0.1) is 0 Å². The fourth-order valence-electron chi connectivity index (χ4n) is 10.7. The molecule has 0 saturated heterocycles. The van der Waals surface area contributed by atoms with E-state index in [1.807, 2.05) is 21.1 Å². The van der Waals surface area contributed by atoms with Crippen LogP contribution >= 0.6 is 0 Å². The number of ether oxygens (including phenoxy) is 4. The van der Waals surface area contributed by atoms with Crippen LogP contribution in [0.1, 0.15) is 361 Å². The number of aliphatic carboxylic acids is 1. The molecule has 0 aliphatic rings. The molecule has 0 aromatic heterocycles. The van der Waals surface area contributed by atoms with Crippen LogP contribution in [0.5, 0.6) is 0 Å². The lowest BCUT2D eigenvalue weighted by Gasteiger charge is -2.25. The van der Waals surface area contributed by atoms with E-state index >= 15 is 0 Å². The number of unbranched alkanes of at least 4 members (excludes halogenated alkanes) is 49. The minimum absolute atomic E-state index is 0.173. The van der Waals surface area contributed by atoms with Gasteiger partial charge < -0.3 is 28.5 Å². The van der Waals surface area contributed by atoms with Crippen LogP contribution in [-0.4, -0.2) is 87.4 Å². The number of allylic oxidation sites excluding steroid dienone is 2. The molecule has 9 heteroatoms. The van der Waals surface area contributed by atoms with Crippen LogP contribution in [0.25, 0.3) is 0 Å². The van der Waals surface area contributed by atoms with Gasteiger partial charge in [0, 0.05) is 12.8 Å². The summed E-state index contributed by atoms with van der Waals surface area (Å²) >= 11 is 0. The fourth-order valence-corrected chi connectivity index (χ4v) is 10.7. The van der Waals surface area contributed by atoms with E-state index in [9.17, 15) is 19.5 Å². The molecule has 0 aromatic carbocycles. The molecule has 2 unspecified atom stereocenters. The predicted octanol–water partition coefficient (Wildman–Crippen LogP) is 21.3. The van der Waals surface area contributed by atoms with Crippen molar-refractivity contribution in [3.05, 3.63) is 12.2 Å². The third kappa shape index (κ3) is 63.5. The Labute approximate surface area is 491 Å². The van der Waals surface area contributed by atoms with Crippen LogP contribution in [0.2, 0.25) is 0 Å². The Balaban J connectivity index is 3.95. The SMILES string of the molecule is CCCCCCCCCC/C=C\CCCCCCCCCCCCCCCCCCCCCCCCCCCC(=O)OC(COC(=O)CCCCCCCCCCCCCCCCCCC)COC(OCC[N+](C)(C)C)C(=O)O. The number of rotatable bonds is 66. The maximum Gasteiger partial charge on any atom is 0.361 e. The van der Waals surface area contributed by atoms with Gasteiger partial charge >= 0.3 is 17.9 Å². The van der Waals surface area contributed by atoms with Crippen molar-refractivity contribution in [1.29, 1.82) is 0 Å². The molecule has 0 spiro atoms. The van der Waals surface area contributed by atoms with E-state index in [-0.39, 0.29) is 38.2 Å². The topological polar surface area (TPSA) is 108 Å². The van der Waals surface area contributed by atoms with E-state index in [0.717, 1.165) is 38.5 Å². The number of carbonyl (C=O) groups excluding carboxylic acids is 2. The third-order valence-corrected chi connectivity index (χ3v) is 16.0. The molecule has 1 N–H and O–H groups in total. The summed E-state index contributed by atoms with van der Waals surface area (Å²) in [4.78, 5) is 37.5. The summed E-state index contributed by atoms with van der Waals surface area (Å²) in [6.45, 7) is 4.95. The second-order valence-electron chi connectivity index (χ2n) is 25.2. The number of nitrogens with zero attached hydrogens (tertiary/aromatic N) is 1. The molecule has 0 radical (unpaired) electrons. The number of carbonyl (C=O) groups is 3. The molecule has 0 bridgehead atoms. The van der Waals surface area contributed by atoms with Crippen molar-refractivity contribution < 1.29 is 42.9 Å². The van der Waals surface area contributed by atoms with Crippen molar-refractivity contribution in [3.8, 4) is 0 Å². The highest BCUT2D eigenvalue weighted by Crippen LogP contribution is 2.19. The van der Waals surface area contributed by atoms with Crippen molar-refractivity contribution in [1.82, 2.24) is 0 Å². The monoisotopic (exact) mass is 1120 g/mol. The van der Waals surface area contributed by atoms with Gasteiger partial charge in [0.15, 0.2) is 6.10 Å². The zero-order valence-corrected chi connectivity index (χ0v) is 53.6. The number of likely N-dealkylation sites (N-methyl/N-ethyl adjacent to an activating group) is 1. The number of hydrogen-bond acceptors (Lipinski definition) is 7. The molecule has 9 nitrogen and oxygen atoms in total. The minimum Gasteiger partial charge on any atom is -0.477 e. The summed E-state index contributed by atoms with van der Waals surface area (Å²) in [6, 6.07) is 0. The smallest absolute Gasteiger partial charge is 0.361 e. The van der Waals surface area contributed by atoms with E-state index in [0.29, 0.717) is 17.4 Å². The van der Waals surface area contributed by atoms with E-state index in [1.54, 1.807) is 0 Å². The van der Waals surface area contributed by atoms with Crippen molar-refractivity contribution in [3.63, 3.8) is 0 Å². The zero-order valence-electron chi connectivity index (χ0n) is 53.6. The highest BCUT2D eigenvalue weighted by Gasteiger charge is 2.25. The first-order chi connectivity index (χ1) is 38.6. The molecule has 0 saturated carbocycles. The van der Waals surface area contributed by atoms with E-state index < -0.39 is 18.4 Å². The Morgan fingerprint density at radius 3 is 0.937 bits per heavy atom. The minimum atomic E-state index is -1.50. The number of esters is 2. The van der Waals surface area contributed by atoms with Gasteiger partial charge in [0.1, 0.15) is 13.2 Å². The quantitative estimate of drug-likeness (QED) is 0.0211. The summed E-state index contributed by atoms with van der Waals surface area (Å²) < 4.78 is 23.0. The van der Waals surface area contributed by atoms with Gasteiger partial charge in [-0.25, -0.2) is 4.79 Å². The van der Waals surface area contributed by atoms with Crippen LogP contribution in [-0.2, 0) is 33.3 Å². The van der Waals surface area contributed by atoms with Gasteiger partial charge in [-0.05, 0) is 38.5 Å². The molecule has 468 valence electrons. The van der Waals surface area contributed by atoms with Gasteiger partial charge in [-0.1, -0.05) is 321 Å². The molecule has 79 heavy (non-hydrogen) atoms. The molecule has 0 fully saturated rings. The van der Waals surface area contributed by atoms with Crippen molar-refractivity contribution in [2.45, 2.75) is 373 Å². The van der Waals surface area contributed by atoms with E-state index in [2.05, 4.69) is 26.0 Å². The largest absolute Gasteiger partial charge is 0.477 e. The molecule has 0 rings (SSSR count). The molecule has 0 aliphatic carbocycles. The summed E-state index contributed by atoms with van der Waals surface area (Å²) in [6.07, 6.45) is 72.0. The second-order valence-corrected chi connectivity index (χ2v) is 25.2. The normalized spacial score (nSPS) is 12.7. The van der Waals surface area contributed by atoms with Crippen LogP contribution < -0.4 is 0 Å². The highest BCUT2D eigenvalue weighted by atomic mass is 16.7. The average Bonchev–Trinajstić information content (AvgIpc) is 3.42. The summed E-state index contributed by atoms with van der Waals surface area (Å²) in [5.74, 6) is -1.97. The summed E-state index contributed by atoms with van der Waals surface area (Å²) in [7, 11) is 5.99. The van der Waals surface area contributed by atoms with Gasteiger partial charge in [0.2, 0.25) is 0 Å². The molecule has 0 amide bonds. The number of quaternary nitrogens is 1. The average molecular weight is 1120 g/mol. The van der Waals surface area contributed by atoms with E-state index in [1.165, 1.54) is 295 Å².